The van der Waals surface area contributed by atoms with E-state index in [-0.39, 0.29) is 12.0 Å². The summed E-state index contributed by atoms with van der Waals surface area (Å²) in [6.07, 6.45) is 7.01. The van der Waals surface area contributed by atoms with E-state index in [1.165, 1.54) is 0 Å². The Balaban J connectivity index is 1.31. The van der Waals surface area contributed by atoms with Gasteiger partial charge in [0.15, 0.2) is 0 Å². The first-order chi connectivity index (χ1) is 17.5. The number of pyridine rings is 1. The maximum Gasteiger partial charge on any atom is 0.259 e. The second-order valence-corrected chi connectivity index (χ2v) is 10.6. The average molecular weight is 491 g/mol. The molecular weight excluding hydrogens is 456 g/mol. The number of piperidine rings is 1. The lowest BCUT2D eigenvalue weighted by Gasteiger charge is -2.38. The number of amides is 1. The maximum absolute atomic E-state index is 13.5. The Hall–Kier alpha value is -2.97. The first-order valence-electron chi connectivity index (χ1n) is 13.2. The van der Waals surface area contributed by atoms with Crippen LogP contribution in [-0.4, -0.2) is 74.1 Å². The van der Waals surface area contributed by atoms with Crippen LogP contribution in [0.1, 0.15) is 53.6 Å². The van der Waals surface area contributed by atoms with E-state index in [4.69, 9.17) is 9.47 Å². The molecule has 2 aromatic rings. The van der Waals surface area contributed by atoms with E-state index in [9.17, 15) is 9.59 Å². The zero-order chi connectivity index (χ0) is 24.7. The van der Waals surface area contributed by atoms with E-state index in [0.717, 1.165) is 62.1 Å². The first kappa shape index (κ1) is 23.4. The summed E-state index contributed by atoms with van der Waals surface area (Å²) in [4.78, 5) is 35.5. The van der Waals surface area contributed by atoms with Crippen LogP contribution in [0.25, 0.3) is 0 Å². The minimum atomic E-state index is -0.395. The number of aromatic nitrogens is 1. The number of hydrogen-bond donors (Lipinski definition) is 1. The second kappa shape index (κ2) is 9.48. The summed E-state index contributed by atoms with van der Waals surface area (Å²) in [6, 6.07) is 7.54. The molecule has 8 heteroatoms. The van der Waals surface area contributed by atoms with E-state index in [0.29, 0.717) is 55.6 Å². The van der Waals surface area contributed by atoms with Gasteiger partial charge in [0.1, 0.15) is 23.5 Å². The molecule has 8 nitrogen and oxygen atoms in total. The number of nitrogens with zero attached hydrogens (tertiary/aromatic N) is 3. The van der Waals surface area contributed by atoms with E-state index < -0.39 is 5.41 Å². The maximum atomic E-state index is 13.5. The highest BCUT2D eigenvalue weighted by atomic mass is 16.5. The van der Waals surface area contributed by atoms with Crippen LogP contribution in [0, 0.1) is 0 Å². The number of likely N-dealkylation sites (tertiary alicyclic amines) is 1. The number of ether oxygens (including phenoxy) is 2. The molecule has 0 bridgehead atoms. The fraction of sp³-hybridized carbons (Fsp3) is 0.536. The molecule has 2 aliphatic carbocycles. The highest BCUT2D eigenvalue weighted by Gasteiger charge is 2.51. The van der Waals surface area contributed by atoms with Gasteiger partial charge in [0, 0.05) is 56.1 Å². The average Bonchev–Trinajstić information content (AvgIpc) is 3.18. The Labute approximate surface area is 212 Å². The summed E-state index contributed by atoms with van der Waals surface area (Å²) < 4.78 is 12.0. The van der Waals surface area contributed by atoms with Gasteiger partial charge in [0.05, 0.1) is 24.2 Å². The van der Waals surface area contributed by atoms with Crippen LogP contribution in [0.2, 0.25) is 0 Å². The lowest BCUT2D eigenvalue weighted by atomic mass is 9.64. The van der Waals surface area contributed by atoms with E-state index in [1.807, 2.05) is 18.2 Å². The van der Waals surface area contributed by atoms with Gasteiger partial charge < -0.3 is 24.6 Å². The number of fused-ring (bicyclic) bond motifs is 2. The molecule has 0 radical (unpaired) electrons. The standard InChI is InChI=1S/C28H34N4O4/c1-31-10-5-20(6-11-31)36-24-17-19(16-23-22(24)18-25(33)28(23)7-3-8-28)30-27(34)21-4-2-9-29-26(21)32-12-14-35-15-13-32/h2,4,9,16-17,20H,3,5-8,10-15,18H2,1H3,(H,30,34). The molecule has 1 saturated carbocycles. The number of carbonyl (C=O) groups excluding carboxylic acids is 2. The van der Waals surface area contributed by atoms with Crippen molar-refractivity contribution in [3.63, 3.8) is 0 Å². The molecule has 36 heavy (non-hydrogen) atoms. The van der Waals surface area contributed by atoms with Gasteiger partial charge in [-0.2, -0.15) is 0 Å². The van der Waals surface area contributed by atoms with Gasteiger partial charge in [-0.3, -0.25) is 9.59 Å². The van der Waals surface area contributed by atoms with E-state index in [2.05, 4.69) is 27.1 Å². The smallest absolute Gasteiger partial charge is 0.259 e. The molecule has 1 aromatic carbocycles. The number of nitrogens with one attached hydrogen (secondary N) is 1. The van der Waals surface area contributed by atoms with Crippen LogP contribution in [-0.2, 0) is 21.4 Å². The van der Waals surface area contributed by atoms with Gasteiger partial charge >= 0.3 is 0 Å². The van der Waals surface area contributed by atoms with Crippen LogP contribution in [0.4, 0.5) is 11.5 Å². The molecule has 1 N–H and O–H groups in total. The molecule has 6 rings (SSSR count). The molecule has 1 aromatic heterocycles. The summed E-state index contributed by atoms with van der Waals surface area (Å²) in [6.45, 7) is 4.64. The van der Waals surface area contributed by atoms with E-state index >= 15 is 0 Å². The van der Waals surface area contributed by atoms with Gasteiger partial charge in [0.25, 0.3) is 5.91 Å². The zero-order valence-electron chi connectivity index (χ0n) is 20.9. The Bertz CT molecular complexity index is 1160. The van der Waals surface area contributed by atoms with Crippen LogP contribution < -0.4 is 15.0 Å². The summed E-state index contributed by atoms with van der Waals surface area (Å²) in [5.74, 6) is 1.52. The third kappa shape index (κ3) is 4.16. The minimum absolute atomic E-state index is 0.121. The molecule has 3 heterocycles. The van der Waals surface area contributed by atoms with Crippen molar-refractivity contribution >= 4 is 23.2 Å². The largest absolute Gasteiger partial charge is 0.490 e. The topological polar surface area (TPSA) is 84.0 Å². The summed E-state index contributed by atoms with van der Waals surface area (Å²) in [7, 11) is 2.13. The number of hydrogen-bond acceptors (Lipinski definition) is 7. The monoisotopic (exact) mass is 490 g/mol. The number of anilines is 2. The number of morpholine rings is 1. The molecule has 0 unspecified atom stereocenters. The lowest BCUT2D eigenvalue weighted by molar-refractivity contribution is -0.125. The number of benzene rings is 1. The van der Waals surface area contributed by atoms with Crippen molar-refractivity contribution in [1.29, 1.82) is 0 Å². The van der Waals surface area contributed by atoms with Gasteiger partial charge in [0.2, 0.25) is 0 Å². The van der Waals surface area contributed by atoms with Crippen molar-refractivity contribution in [3.8, 4) is 5.75 Å². The molecular formula is C28H34N4O4. The quantitative estimate of drug-likeness (QED) is 0.689. The van der Waals surface area contributed by atoms with Crippen molar-refractivity contribution in [1.82, 2.24) is 9.88 Å². The Morgan fingerprint density at radius 2 is 1.94 bits per heavy atom. The fourth-order valence-electron chi connectivity index (χ4n) is 6.07. The second-order valence-electron chi connectivity index (χ2n) is 10.6. The van der Waals surface area contributed by atoms with Gasteiger partial charge in [-0.25, -0.2) is 4.98 Å². The summed E-state index contributed by atoms with van der Waals surface area (Å²) in [5.41, 5.74) is 2.89. The molecule has 1 amide bonds. The van der Waals surface area contributed by atoms with Crippen LogP contribution in [0.5, 0.6) is 5.75 Å². The van der Waals surface area contributed by atoms with Crippen LogP contribution in [0.3, 0.4) is 0 Å². The molecule has 2 aliphatic heterocycles. The number of Topliss-reactive ketones (excluding diaryl/α,β-unsaturated/α-hetero) is 1. The lowest BCUT2D eigenvalue weighted by Crippen LogP contribution is -2.39. The van der Waals surface area contributed by atoms with Crippen molar-refractivity contribution in [3.05, 3.63) is 47.2 Å². The van der Waals surface area contributed by atoms with Crippen molar-refractivity contribution in [2.75, 3.05) is 56.7 Å². The Morgan fingerprint density at radius 1 is 1.17 bits per heavy atom. The number of carbonyl (C=O) groups is 2. The van der Waals surface area contributed by atoms with Gasteiger partial charge in [-0.05, 0) is 56.5 Å². The third-order valence-electron chi connectivity index (χ3n) is 8.36. The predicted octanol–water partition coefficient (Wildman–Crippen LogP) is 3.19. The number of rotatable bonds is 5. The van der Waals surface area contributed by atoms with Crippen molar-refractivity contribution in [2.45, 2.75) is 50.0 Å². The third-order valence-corrected chi connectivity index (χ3v) is 8.36. The number of ketones is 1. The summed E-state index contributed by atoms with van der Waals surface area (Å²) in [5, 5.41) is 3.12. The van der Waals surface area contributed by atoms with Crippen molar-refractivity contribution < 1.29 is 19.1 Å². The highest BCUT2D eigenvalue weighted by Crippen LogP contribution is 2.53. The SMILES string of the molecule is CN1CCC(Oc2cc(NC(=O)c3cccnc3N3CCOCC3)cc3c2CC(=O)C32CCC2)CC1. The summed E-state index contributed by atoms with van der Waals surface area (Å²) >= 11 is 0. The molecule has 190 valence electrons. The highest BCUT2D eigenvalue weighted by molar-refractivity contribution is 6.08. The molecule has 1 spiro atoms. The minimum Gasteiger partial charge on any atom is -0.490 e. The van der Waals surface area contributed by atoms with Gasteiger partial charge in [-0.1, -0.05) is 6.42 Å². The Morgan fingerprint density at radius 3 is 2.67 bits per heavy atom. The van der Waals surface area contributed by atoms with Gasteiger partial charge in [-0.15, -0.1) is 0 Å². The first-order valence-corrected chi connectivity index (χ1v) is 13.2. The van der Waals surface area contributed by atoms with E-state index in [1.54, 1.807) is 12.3 Å². The normalized spacial score (nSPS) is 21.8. The predicted molar refractivity (Wildman–Crippen MR) is 137 cm³/mol. The van der Waals surface area contributed by atoms with Crippen LogP contribution in [0.15, 0.2) is 30.5 Å². The Kier molecular flexibility index (Phi) is 6.17. The zero-order valence-corrected chi connectivity index (χ0v) is 20.9. The molecule has 4 aliphatic rings. The molecule has 0 atom stereocenters. The molecule has 2 saturated heterocycles. The fourth-order valence-corrected chi connectivity index (χ4v) is 6.07. The van der Waals surface area contributed by atoms with Crippen molar-refractivity contribution in [2.24, 2.45) is 0 Å². The van der Waals surface area contributed by atoms with Crippen LogP contribution >= 0.6 is 0 Å². The molecule has 3 fully saturated rings.